The monoisotopic (exact) mass is 493 g/mol. The third kappa shape index (κ3) is 5.78. The second-order valence-electron chi connectivity index (χ2n) is 8.92. The SMILES string of the molecule is COc1ccc(CC2=NCCc3ccc(OC)c(OCc4ccccc4)c32)cc1OCc1ccccc1. The molecule has 0 atom stereocenters. The van der Waals surface area contributed by atoms with Crippen LogP contribution >= 0.6 is 0 Å². The lowest BCUT2D eigenvalue weighted by Crippen LogP contribution is -2.18. The number of benzene rings is 4. The standard InChI is InChI=1S/C32H31NO4/c1-34-28-15-13-25(20-30(28)36-21-23-9-5-3-6-10-23)19-27-31-26(17-18-33-27)14-16-29(35-2)32(31)37-22-24-11-7-4-8-12-24/h3-16,20H,17-19,21-22H2,1-2H3. The largest absolute Gasteiger partial charge is 0.493 e. The molecule has 0 aromatic heterocycles. The first-order valence-electron chi connectivity index (χ1n) is 12.5. The molecular formula is C32H31NO4. The molecule has 4 aromatic rings. The first kappa shape index (κ1) is 24.4. The fraction of sp³-hybridized carbons (Fsp3) is 0.219. The Labute approximate surface area is 218 Å². The van der Waals surface area contributed by atoms with Gasteiger partial charge >= 0.3 is 0 Å². The summed E-state index contributed by atoms with van der Waals surface area (Å²) in [6.07, 6.45) is 1.52. The first-order valence-corrected chi connectivity index (χ1v) is 12.5. The van der Waals surface area contributed by atoms with Crippen molar-refractivity contribution in [1.29, 1.82) is 0 Å². The van der Waals surface area contributed by atoms with Gasteiger partial charge in [-0.1, -0.05) is 72.8 Å². The smallest absolute Gasteiger partial charge is 0.170 e. The van der Waals surface area contributed by atoms with Crippen LogP contribution < -0.4 is 18.9 Å². The summed E-state index contributed by atoms with van der Waals surface area (Å²) >= 11 is 0. The van der Waals surface area contributed by atoms with Gasteiger partial charge in [0, 0.05) is 18.5 Å². The molecule has 4 aromatic carbocycles. The van der Waals surface area contributed by atoms with Crippen molar-refractivity contribution in [3.8, 4) is 23.0 Å². The Morgan fingerprint density at radius 3 is 1.97 bits per heavy atom. The Morgan fingerprint density at radius 2 is 1.30 bits per heavy atom. The third-order valence-corrected chi connectivity index (χ3v) is 6.46. The molecule has 0 spiro atoms. The summed E-state index contributed by atoms with van der Waals surface area (Å²) < 4.78 is 23.8. The lowest BCUT2D eigenvalue weighted by Gasteiger charge is -2.23. The van der Waals surface area contributed by atoms with Gasteiger partial charge in [0.25, 0.3) is 0 Å². The average molecular weight is 494 g/mol. The topological polar surface area (TPSA) is 49.3 Å². The van der Waals surface area contributed by atoms with Gasteiger partial charge in [0.15, 0.2) is 23.0 Å². The van der Waals surface area contributed by atoms with E-state index in [0.29, 0.717) is 36.9 Å². The van der Waals surface area contributed by atoms with Crippen LogP contribution in [0.3, 0.4) is 0 Å². The molecule has 0 radical (unpaired) electrons. The second-order valence-corrected chi connectivity index (χ2v) is 8.92. The van der Waals surface area contributed by atoms with Crippen LogP contribution in [-0.2, 0) is 26.1 Å². The van der Waals surface area contributed by atoms with Crippen LogP contribution in [0.4, 0.5) is 0 Å². The van der Waals surface area contributed by atoms with E-state index in [2.05, 4.69) is 24.3 Å². The van der Waals surface area contributed by atoms with Crippen LogP contribution in [0.2, 0.25) is 0 Å². The number of fused-ring (bicyclic) bond motifs is 1. The number of rotatable bonds is 10. The Bertz CT molecular complexity index is 1370. The van der Waals surface area contributed by atoms with Crippen LogP contribution in [0.5, 0.6) is 23.0 Å². The van der Waals surface area contributed by atoms with Gasteiger partial charge in [-0.25, -0.2) is 0 Å². The fourth-order valence-corrected chi connectivity index (χ4v) is 4.57. The van der Waals surface area contributed by atoms with Crippen LogP contribution in [0.1, 0.15) is 27.8 Å². The Balaban J connectivity index is 1.42. The van der Waals surface area contributed by atoms with Gasteiger partial charge in [-0.2, -0.15) is 0 Å². The van der Waals surface area contributed by atoms with Gasteiger partial charge in [0.2, 0.25) is 0 Å². The van der Waals surface area contributed by atoms with E-state index in [0.717, 1.165) is 46.7 Å². The number of aliphatic imine (C=N–C) groups is 1. The maximum Gasteiger partial charge on any atom is 0.170 e. The van der Waals surface area contributed by atoms with E-state index in [-0.39, 0.29) is 0 Å². The van der Waals surface area contributed by atoms with E-state index in [1.54, 1.807) is 14.2 Å². The quantitative estimate of drug-likeness (QED) is 0.255. The van der Waals surface area contributed by atoms with Gasteiger partial charge in [0.1, 0.15) is 13.2 Å². The number of hydrogen-bond donors (Lipinski definition) is 0. The van der Waals surface area contributed by atoms with E-state index in [1.165, 1.54) is 5.56 Å². The van der Waals surface area contributed by atoms with Crippen LogP contribution in [-0.4, -0.2) is 26.5 Å². The highest BCUT2D eigenvalue weighted by molar-refractivity contribution is 6.06. The van der Waals surface area contributed by atoms with Crippen LogP contribution in [0.15, 0.2) is 96.0 Å². The van der Waals surface area contributed by atoms with Crippen LogP contribution in [0.25, 0.3) is 0 Å². The predicted molar refractivity (Wildman–Crippen MR) is 146 cm³/mol. The maximum atomic E-state index is 6.38. The van der Waals surface area contributed by atoms with E-state index in [9.17, 15) is 0 Å². The second kappa shape index (κ2) is 11.7. The lowest BCUT2D eigenvalue weighted by molar-refractivity contribution is 0.283. The van der Waals surface area contributed by atoms with Crippen LogP contribution in [0, 0.1) is 0 Å². The van der Waals surface area contributed by atoms with Crippen molar-refractivity contribution >= 4 is 5.71 Å². The van der Waals surface area contributed by atoms with E-state index in [1.807, 2.05) is 66.7 Å². The molecule has 0 unspecified atom stereocenters. The summed E-state index contributed by atoms with van der Waals surface area (Å²) in [5.41, 5.74) is 6.54. The molecular weight excluding hydrogens is 462 g/mol. The van der Waals surface area contributed by atoms with Gasteiger partial charge < -0.3 is 18.9 Å². The molecule has 37 heavy (non-hydrogen) atoms. The van der Waals surface area contributed by atoms with Crippen molar-refractivity contribution in [2.75, 3.05) is 20.8 Å². The zero-order chi connectivity index (χ0) is 25.5. The first-order chi connectivity index (χ1) is 18.2. The van der Waals surface area contributed by atoms with Crippen molar-refractivity contribution in [2.24, 2.45) is 4.99 Å². The van der Waals surface area contributed by atoms with Crippen molar-refractivity contribution in [3.63, 3.8) is 0 Å². The molecule has 0 aliphatic carbocycles. The molecule has 1 heterocycles. The molecule has 0 N–H and O–H groups in total. The van der Waals surface area contributed by atoms with E-state index in [4.69, 9.17) is 23.9 Å². The van der Waals surface area contributed by atoms with Gasteiger partial charge in [-0.15, -0.1) is 0 Å². The highest BCUT2D eigenvalue weighted by Gasteiger charge is 2.23. The molecule has 5 rings (SSSR count). The summed E-state index contributed by atoms with van der Waals surface area (Å²) in [7, 11) is 3.34. The minimum Gasteiger partial charge on any atom is -0.493 e. The Kier molecular flexibility index (Phi) is 7.70. The number of nitrogens with zero attached hydrogens (tertiary/aromatic N) is 1. The number of ether oxygens (including phenoxy) is 4. The van der Waals surface area contributed by atoms with Gasteiger partial charge in [0.05, 0.1) is 19.9 Å². The molecule has 0 saturated heterocycles. The predicted octanol–water partition coefficient (Wildman–Crippen LogP) is 6.45. The molecule has 1 aliphatic rings. The summed E-state index contributed by atoms with van der Waals surface area (Å²) in [5, 5.41) is 0. The highest BCUT2D eigenvalue weighted by Crippen LogP contribution is 2.38. The molecule has 5 heteroatoms. The molecule has 1 aliphatic heterocycles. The summed E-state index contributed by atoms with van der Waals surface area (Å²) in [4.78, 5) is 4.93. The molecule has 0 bridgehead atoms. The average Bonchev–Trinajstić information content (AvgIpc) is 2.96. The van der Waals surface area contributed by atoms with E-state index >= 15 is 0 Å². The molecule has 5 nitrogen and oxygen atoms in total. The van der Waals surface area contributed by atoms with Gasteiger partial charge in [-0.05, 0) is 46.9 Å². The van der Waals surface area contributed by atoms with Crippen molar-refractivity contribution in [3.05, 3.63) is 119 Å². The molecule has 0 amide bonds. The summed E-state index contributed by atoms with van der Waals surface area (Å²) in [6.45, 7) is 1.68. The lowest BCUT2D eigenvalue weighted by atomic mass is 9.92. The Hall–Kier alpha value is -4.25. The number of methoxy groups -OCH3 is 2. The minimum absolute atomic E-state index is 0.459. The van der Waals surface area contributed by atoms with Crippen molar-refractivity contribution in [2.45, 2.75) is 26.1 Å². The van der Waals surface area contributed by atoms with Gasteiger partial charge in [-0.3, -0.25) is 4.99 Å². The highest BCUT2D eigenvalue weighted by atomic mass is 16.5. The van der Waals surface area contributed by atoms with Crippen molar-refractivity contribution in [1.82, 2.24) is 0 Å². The normalized spacial score (nSPS) is 12.3. The Morgan fingerprint density at radius 1 is 0.649 bits per heavy atom. The zero-order valence-corrected chi connectivity index (χ0v) is 21.3. The number of hydrogen-bond acceptors (Lipinski definition) is 5. The molecule has 0 fully saturated rings. The molecule has 0 saturated carbocycles. The van der Waals surface area contributed by atoms with Crippen molar-refractivity contribution < 1.29 is 18.9 Å². The third-order valence-electron chi connectivity index (χ3n) is 6.46. The summed E-state index contributed by atoms with van der Waals surface area (Å²) in [6, 6.07) is 30.5. The van der Waals surface area contributed by atoms with E-state index < -0.39 is 0 Å². The fourth-order valence-electron chi connectivity index (χ4n) is 4.57. The summed E-state index contributed by atoms with van der Waals surface area (Å²) in [5.74, 6) is 2.88. The maximum absolute atomic E-state index is 6.38. The molecule has 188 valence electrons. The minimum atomic E-state index is 0.459. The zero-order valence-electron chi connectivity index (χ0n) is 21.3.